The molecule has 6 nitrogen and oxygen atoms in total. The maximum absolute atomic E-state index is 14.6. The standard InChI is InChI=1S/C22H27ClFN3O3S/c1-22(2,29)12-9-10-18(17(24)11-12)31(25,30)27-21(28)26-20-15-7-3-5-13(15)19(23)14-6-4-8-16(14)20/h9-11,21,26,28-29H,3-8H2,1-2H3,(H2,25,27,30). The molecule has 0 bridgehead atoms. The minimum absolute atomic E-state index is 0.315. The molecular weight excluding hydrogens is 441 g/mol. The van der Waals surface area contributed by atoms with E-state index in [1.165, 1.54) is 26.0 Å². The highest BCUT2D eigenvalue weighted by Gasteiger charge is 2.29. The first-order valence-electron chi connectivity index (χ1n) is 10.3. The number of aliphatic hydroxyl groups is 2. The van der Waals surface area contributed by atoms with Gasteiger partial charge in [0.15, 0.2) is 0 Å². The fraction of sp³-hybridized carbons (Fsp3) is 0.455. The van der Waals surface area contributed by atoms with Gasteiger partial charge in [-0.15, -0.1) is 0 Å². The topological polar surface area (TPSA) is 108 Å². The molecule has 2 aromatic carbocycles. The number of nitrogens with zero attached hydrogens (tertiary/aromatic N) is 1. The Labute approximate surface area is 186 Å². The van der Waals surface area contributed by atoms with Crippen LogP contribution in [0.1, 0.15) is 54.5 Å². The van der Waals surface area contributed by atoms with Crippen LogP contribution in [0.3, 0.4) is 0 Å². The molecule has 0 saturated heterocycles. The Balaban J connectivity index is 1.68. The van der Waals surface area contributed by atoms with E-state index in [4.69, 9.17) is 16.7 Å². The molecular formula is C22H27ClFN3O3S. The third-order valence-electron chi connectivity index (χ3n) is 6.05. The van der Waals surface area contributed by atoms with Crippen molar-refractivity contribution in [2.75, 3.05) is 5.32 Å². The Morgan fingerprint density at radius 3 is 2.23 bits per heavy atom. The maximum atomic E-state index is 14.6. The molecule has 0 heterocycles. The summed E-state index contributed by atoms with van der Waals surface area (Å²) >= 11 is 6.62. The molecule has 0 amide bonds. The molecule has 168 valence electrons. The number of nitrogens with one attached hydrogen (secondary N) is 1. The number of fused-ring (bicyclic) bond motifs is 2. The van der Waals surface area contributed by atoms with E-state index in [0.717, 1.165) is 77.6 Å². The molecule has 2 aromatic rings. The third-order valence-corrected chi connectivity index (χ3v) is 7.98. The first kappa shape index (κ1) is 22.5. The van der Waals surface area contributed by atoms with E-state index in [-0.39, 0.29) is 4.90 Å². The van der Waals surface area contributed by atoms with Crippen molar-refractivity contribution in [2.24, 2.45) is 9.50 Å². The molecule has 31 heavy (non-hydrogen) atoms. The van der Waals surface area contributed by atoms with Crippen LogP contribution in [0.5, 0.6) is 0 Å². The predicted molar refractivity (Wildman–Crippen MR) is 120 cm³/mol. The number of rotatable bonds is 5. The Bertz CT molecular complexity index is 1130. The van der Waals surface area contributed by atoms with Crippen molar-refractivity contribution in [3.63, 3.8) is 0 Å². The van der Waals surface area contributed by atoms with Crippen LogP contribution >= 0.6 is 11.6 Å². The number of hydrogen-bond donors (Lipinski definition) is 4. The number of halogens is 2. The number of nitrogens with two attached hydrogens (primary N) is 1. The summed E-state index contributed by atoms with van der Waals surface area (Å²) in [4.78, 5) is -0.326. The van der Waals surface area contributed by atoms with Gasteiger partial charge < -0.3 is 15.5 Å². The minimum atomic E-state index is -3.73. The predicted octanol–water partition coefficient (Wildman–Crippen LogP) is 3.77. The Morgan fingerprint density at radius 2 is 1.71 bits per heavy atom. The van der Waals surface area contributed by atoms with Gasteiger partial charge in [0.25, 0.3) is 0 Å². The Kier molecular flexibility index (Phi) is 5.81. The van der Waals surface area contributed by atoms with E-state index in [0.29, 0.717) is 5.56 Å². The van der Waals surface area contributed by atoms with Crippen LogP contribution in [-0.4, -0.2) is 20.8 Å². The minimum Gasteiger partial charge on any atom is -0.386 e. The lowest BCUT2D eigenvalue weighted by atomic mass is 9.98. The normalized spacial score (nSPS) is 18.3. The number of benzene rings is 2. The molecule has 0 fully saturated rings. The zero-order valence-corrected chi connectivity index (χ0v) is 19.1. The van der Waals surface area contributed by atoms with Crippen molar-refractivity contribution in [1.29, 1.82) is 0 Å². The number of hydrogen-bond acceptors (Lipinski definition) is 5. The van der Waals surface area contributed by atoms with Gasteiger partial charge >= 0.3 is 0 Å². The van der Waals surface area contributed by atoms with Crippen molar-refractivity contribution in [1.82, 2.24) is 0 Å². The van der Waals surface area contributed by atoms with E-state index in [9.17, 15) is 18.8 Å². The molecule has 0 aromatic heterocycles. The smallest absolute Gasteiger partial charge is 0.233 e. The summed E-state index contributed by atoms with van der Waals surface area (Å²) in [6.45, 7) is 3.03. The molecule has 5 N–H and O–H groups in total. The van der Waals surface area contributed by atoms with Crippen LogP contribution in [0, 0.1) is 5.82 Å². The van der Waals surface area contributed by atoms with Crippen molar-refractivity contribution < 1.29 is 18.8 Å². The van der Waals surface area contributed by atoms with Crippen molar-refractivity contribution in [3.05, 3.63) is 56.9 Å². The average Bonchev–Trinajstić information content (AvgIpc) is 3.33. The summed E-state index contributed by atoms with van der Waals surface area (Å²) in [5, 5.41) is 30.2. The highest BCUT2D eigenvalue weighted by atomic mass is 35.5. The molecule has 4 rings (SSSR count). The van der Waals surface area contributed by atoms with Crippen molar-refractivity contribution in [3.8, 4) is 0 Å². The lowest BCUT2D eigenvalue weighted by molar-refractivity contribution is 0.0781. The Morgan fingerprint density at radius 1 is 1.16 bits per heavy atom. The monoisotopic (exact) mass is 467 g/mol. The first-order valence-corrected chi connectivity index (χ1v) is 12.3. The van der Waals surface area contributed by atoms with Gasteiger partial charge in [-0.3, -0.25) is 0 Å². The summed E-state index contributed by atoms with van der Waals surface area (Å²) in [5.41, 5.74) is 4.15. The molecule has 9 heteroatoms. The second-order valence-corrected chi connectivity index (χ2v) is 10.9. The first-order chi connectivity index (χ1) is 14.5. The molecule has 2 aliphatic carbocycles. The fourth-order valence-electron chi connectivity index (χ4n) is 4.54. The van der Waals surface area contributed by atoms with Gasteiger partial charge in [0, 0.05) is 10.7 Å². The van der Waals surface area contributed by atoms with Gasteiger partial charge in [0.2, 0.25) is 6.35 Å². The van der Waals surface area contributed by atoms with E-state index in [1.807, 2.05) is 0 Å². The number of aliphatic hydroxyl groups excluding tert-OH is 1. The van der Waals surface area contributed by atoms with Gasteiger partial charge in [0.1, 0.15) is 15.7 Å². The lowest BCUT2D eigenvalue weighted by Gasteiger charge is -2.21. The summed E-state index contributed by atoms with van der Waals surface area (Å²) in [6, 6.07) is 3.76. The Hall–Kier alpha value is -1.71. The SMILES string of the molecule is CC(C)(O)c1ccc(S(N)(=O)=NC(O)Nc2c3c(c(Cl)c4c2CCC4)CCC3)c(F)c1. The largest absolute Gasteiger partial charge is 0.386 e. The number of anilines is 1. The molecule has 0 saturated carbocycles. The van der Waals surface area contributed by atoms with Gasteiger partial charge in [-0.25, -0.2) is 13.7 Å². The average molecular weight is 468 g/mol. The van der Waals surface area contributed by atoms with Gasteiger partial charge in [-0.05, 0) is 92.3 Å². The fourth-order valence-corrected chi connectivity index (χ4v) is 6.02. The van der Waals surface area contributed by atoms with Crippen LogP contribution in [0.15, 0.2) is 27.5 Å². The van der Waals surface area contributed by atoms with E-state index < -0.39 is 27.7 Å². The summed E-state index contributed by atoms with van der Waals surface area (Å²) < 4.78 is 31.4. The molecule has 0 aliphatic heterocycles. The van der Waals surface area contributed by atoms with Crippen molar-refractivity contribution >= 4 is 27.2 Å². The molecule has 2 atom stereocenters. The van der Waals surface area contributed by atoms with Crippen LogP contribution in [0.4, 0.5) is 10.1 Å². The second kappa shape index (κ2) is 8.01. The zero-order chi connectivity index (χ0) is 22.6. The van der Waals surface area contributed by atoms with Crippen LogP contribution in [0.25, 0.3) is 0 Å². The molecule has 2 unspecified atom stereocenters. The van der Waals surface area contributed by atoms with E-state index >= 15 is 0 Å². The van der Waals surface area contributed by atoms with Crippen molar-refractivity contribution in [2.45, 2.75) is 69.2 Å². The lowest BCUT2D eigenvalue weighted by Crippen LogP contribution is -2.25. The maximum Gasteiger partial charge on any atom is 0.233 e. The van der Waals surface area contributed by atoms with E-state index in [2.05, 4.69) is 9.68 Å². The zero-order valence-electron chi connectivity index (χ0n) is 17.5. The van der Waals surface area contributed by atoms with Gasteiger partial charge in [-0.1, -0.05) is 17.7 Å². The quantitative estimate of drug-likeness (QED) is 0.502. The van der Waals surface area contributed by atoms with Crippen LogP contribution in [0.2, 0.25) is 5.02 Å². The highest BCUT2D eigenvalue weighted by Crippen LogP contribution is 2.44. The summed E-state index contributed by atoms with van der Waals surface area (Å²) in [6.07, 6.45) is 3.82. The summed E-state index contributed by atoms with van der Waals surface area (Å²) in [5.74, 6) is -0.851. The van der Waals surface area contributed by atoms with Crippen LogP contribution < -0.4 is 10.5 Å². The summed E-state index contributed by atoms with van der Waals surface area (Å²) in [7, 11) is -3.73. The van der Waals surface area contributed by atoms with Crippen LogP contribution in [-0.2, 0) is 41.2 Å². The third kappa shape index (κ3) is 4.19. The van der Waals surface area contributed by atoms with E-state index in [1.54, 1.807) is 0 Å². The van der Waals surface area contributed by atoms with Gasteiger partial charge in [-0.2, -0.15) is 4.36 Å². The molecule has 2 aliphatic rings. The van der Waals surface area contributed by atoms with Gasteiger partial charge in [0.05, 0.1) is 10.5 Å². The molecule has 0 spiro atoms. The second-order valence-electron chi connectivity index (χ2n) is 8.71. The molecule has 0 radical (unpaired) electrons. The highest BCUT2D eigenvalue weighted by molar-refractivity contribution is 7.91.